The van der Waals surface area contributed by atoms with Gasteiger partial charge in [0.2, 0.25) is 0 Å². The molecule has 0 saturated heterocycles. The molecule has 0 unspecified atom stereocenters. The second-order valence-electron chi connectivity index (χ2n) is 2.88. The largest absolute Gasteiger partial charge is 0.265 e. The summed E-state index contributed by atoms with van der Waals surface area (Å²) in [4.78, 5) is 8.23. The molecule has 2 aromatic rings. The molecule has 0 fully saturated rings. The van der Waals surface area contributed by atoms with E-state index in [1.807, 2.05) is 24.3 Å². The van der Waals surface area contributed by atoms with Crippen molar-refractivity contribution in [1.29, 1.82) is 0 Å². The molecule has 2 heterocycles. The van der Waals surface area contributed by atoms with Gasteiger partial charge in [0.15, 0.2) is 0 Å². The molecule has 0 aliphatic heterocycles. The predicted molar refractivity (Wildman–Crippen MR) is 55.2 cm³/mol. The van der Waals surface area contributed by atoms with Crippen LogP contribution in [0.15, 0.2) is 42.9 Å². The standard InChI is InChI=1S/C12H9N2/c1-2-10-3-4-12(14-9-10)11-5-7-13-8-6-11/h1-9H. The van der Waals surface area contributed by atoms with Crippen molar-refractivity contribution in [1.82, 2.24) is 9.97 Å². The monoisotopic (exact) mass is 181 g/mol. The van der Waals surface area contributed by atoms with Gasteiger partial charge in [0.1, 0.15) is 0 Å². The van der Waals surface area contributed by atoms with Gasteiger partial charge < -0.3 is 0 Å². The molecule has 67 valence electrons. The molecular weight excluding hydrogens is 172 g/mol. The first-order valence-electron chi connectivity index (χ1n) is 4.31. The highest BCUT2D eigenvalue weighted by atomic mass is 14.7. The lowest BCUT2D eigenvalue weighted by Gasteiger charge is -2.00. The zero-order valence-electron chi connectivity index (χ0n) is 7.59. The van der Waals surface area contributed by atoms with Crippen LogP contribution in [0.3, 0.4) is 0 Å². The molecule has 0 bridgehead atoms. The number of hydrogen-bond donors (Lipinski definition) is 0. The second kappa shape index (κ2) is 4.01. The summed E-state index contributed by atoms with van der Waals surface area (Å²) in [5, 5.41) is 0. The fraction of sp³-hybridized carbons (Fsp3) is 0. The Kier molecular flexibility index (Phi) is 2.54. The van der Waals surface area contributed by atoms with E-state index in [0.717, 1.165) is 16.8 Å². The Balaban J connectivity index is 2.34. The molecule has 0 aliphatic rings. The lowest BCUT2D eigenvalue weighted by Crippen LogP contribution is -1.85. The van der Waals surface area contributed by atoms with Crippen LogP contribution >= 0.6 is 0 Å². The Morgan fingerprint density at radius 1 is 1.07 bits per heavy atom. The Morgan fingerprint density at radius 3 is 2.43 bits per heavy atom. The van der Waals surface area contributed by atoms with E-state index in [2.05, 4.69) is 9.97 Å². The van der Waals surface area contributed by atoms with Crippen molar-refractivity contribution < 1.29 is 0 Å². The first-order valence-corrected chi connectivity index (χ1v) is 4.31. The van der Waals surface area contributed by atoms with Gasteiger partial charge >= 0.3 is 0 Å². The highest BCUT2D eigenvalue weighted by Crippen LogP contribution is 2.15. The molecule has 0 spiro atoms. The van der Waals surface area contributed by atoms with Crippen LogP contribution in [0.25, 0.3) is 11.3 Å². The second-order valence-corrected chi connectivity index (χ2v) is 2.88. The third-order valence-electron chi connectivity index (χ3n) is 1.95. The minimum absolute atomic E-state index is 0.919. The normalized spacial score (nSPS) is 10.1. The van der Waals surface area contributed by atoms with E-state index in [4.69, 9.17) is 6.92 Å². The lowest BCUT2D eigenvalue weighted by atomic mass is 10.1. The molecule has 0 saturated carbocycles. The third-order valence-corrected chi connectivity index (χ3v) is 1.95. The Morgan fingerprint density at radius 2 is 1.86 bits per heavy atom. The van der Waals surface area contributed by atoms with Gasteiger partial charge in [-0.05, 0) is 37.1 Å². The van der Waals surface area contributed by atoms with Gasteiger partial charge in [0.05, 0.1) is 5.69 Å². The van der Waals surface area contributed by atoms with Crippen LogP contribution in [-0.2, 0) is 0 Å². The molecular formula is C12H9N2. The smallest absolute Gasteiger partial charge is 0.0703 e. The summed E-state index contributed by atoms with van der Waals surface area (Å²) in [5.41, 5.74) is 2.91. The summed E-state index contributed by atoms with van der Waals surface area (Å²) in [6.45, 7) is 5.36. The molecule has 0 amide bonds. The van der Waals surface area contributed by atoms with Crippen LogP contribution < -0.4 is 0 Å². The SMILES string of the molecule is [CH][CH]c1ccc(-c2ccncc2)nc1. The predicted octanol–water partition coefficient (Wildman–Crippen LogP) is 2.41. The number of rotatable bonds is 2. The fourth-order valence-corrected chi connectivity index (χ4v) is 1.20. The van der Waals surface area contributed by atoms with E-state index >= 15 is 0 Å². The van der Waals surface area contributed by atoms with Gasteiger partial charge in [-0.25, -0.2) is 0 Å². The molecule has 2 aromatic heterocycles. The minimum atomic E-state index is 0.919. The molecule has 0 aliphatic carbocycles. The summed E-state index contributed by atoms with van der Waals surface area (Å²) in [5.74, 6) is 0. The van der Waals surface area contributed by atoms with Crippen molar-refractivity contribution in [3.8, 4) is 11.3 Å². The van der Waals surface area contributed by atoms with Crippen LogP contribution in [0.2, 0.25) is 0 Å². The number of nitrogens with zero attached hydrogens (tertiary/aromatic N) is 2. The van der Waals surface area contributed by atoms with Gasteiger partial charge in [-0.15, -0.1) is 0 Å². The van der Waals surface area contributed by atoms with Crippen LogP contribution in [-0.4, -0.2) is 9.97 Å². The Hall–Kier alpha value is -1.70. The van der Waals surface area contributed by atoms with Crippen LogP contribution in [0.5, 0.6) is 0 Å². The van der Waals surface area contributed by atoms with Crippen LogP contribution in [0.1, 0.15) is 5.56 Å². The van der Waals surface area contributed by atoms with E-state index in [1.54, 1.807) is 18.6 Å². The number of pyridine rings is 2. The van der Waals surface area contributed by atoms with E-state index in [-0.39, 0.29) is 0 Å². The molecule has 14 heavy (non-hydrogen) atoms. The van der Waals surface area contributed by atoms with E-state index < -0.39 is 0 Å². The number of hydrogen-bond acceptors (Lipinski definition) is 2. The van der Waals surface area contributed by atoms with Gasteiger partial charge in [0.25, 0.3) is 0 Å². The number of aromatic nitrogens is 2. The molecule has 3 radical (unpaired) electrons. The first kappa shape index (κ1) is 8.88. The Labute approximate surface area is 83.7 Å². The van der Waals surface area contributed by atoms with Crippen molar-refractivity contribution in [3.63, 3.8) is 0 Å². The van der Waals surface area contributed by atoms with Crippen molar-refractivity contribution in [2.45, 2.75) is 0 Å². The molecule has 2 rings (SSSR count). The topological polar surface area (TPSA) is 25.8 Å². The quantitative estimate of drug-likeness (QED) is 0.711. The van der Waals surface area contributed by atoms with Crippen molar-refractivity contribution >= 4 is 0 Å². The highest BCUT2D eigenvalue weighted by Gasteiger charge is 1.97. The zero-order chi connectivity index (χ0) is 9.80. The molecule has 0 atom stereocenters. The minimum Gasteiger partial charge on any atom is -0.265 e. The zero-order valence-corrected chi connectivity index (χ0v) is 7.59. The molecule has 0 N–H and O–H groups in total. The maximum absolute atomic E-state index is 5.36. The summed E-state index contributed by atoms with van der Waals surface area (Å²) in [6.07, 6.45) is 6.78. The highest BCUT2D eigenvalue weighted by molar-refractivity contribution is 5.58. The fourth-order valence-electron chi connectivity index (χ4n) is 1.20. The van der Waals surface area contributed by atoms with Crippen LogP contribution in [0.4, 0.5) is 0 Å². The summed E-state index contributed by atoms with van der Waals surface area (Å²) in [7, 11) is 0. The van der Waals surface area contributed by atoms with E-state index in [1.165, 1.54) is 6.42 Å². The molecule has 2 heteroatoms. The summed E-state index contributed by atoms with van der Waals surface area (Å²) < 4.78 is 0. The first-order chi connectivity index (χ1) is 6.90. The van der Waals surface area contributed by atoms with E-state index in [9.17, 15) is 0 Å². The maximum atomic E-state index is 5.36. The van der Waals surface area contributed by atoms with Gasteiger partial charge in [-0.3, -0.25) is 9.97 Å². The van der Waals surface area contributed by atoms with Gasteiger partial charge in [0, 0.05) is 24.2 Å². The van der Waals surface area contributed by atoms with Gasteiger partial charge in [-0.1, -0.05) is 6.07 Å². The average Bonchev–Trinajstić information content (AvgIpc) is 2.30. The summed E-state index contributed by atoms with van der Waals surface area (Å²) >= 11 is 0. The maximum Gasteiger partial charge on any atom is 0.0703 e. The Bertz CT molecular complexity index is 392. The summed E-state index contributed by atoms with van der Waals surface area (Å²) in [6, 6.07) is 7.72. The van der Waals surface area contributed by atoms with Crippen molar-refractivity contribution in [3.05, 3.63) is 61.8 Å². The third kappa shape index (κ3) is 1.79. The molecule has 0 aromatic carbocycles. The average molecular weight is 181 g/mol. The van der Waals surface area contributed by atoms with E-state index in [0.29, 0.717) is 0 Å². The lowest BCUT2D eigenvalue weighted by molar-refractivity contribution is 1.27. The van der Waals surface area contributed by atoms with Crippen molar-refractivity contribution in [2.24, 2.45) is 0 Å². The molecule has 2 nitrogen and oxygen atoms in total. The van der Waals surface area contributed by atoms with Crippen LogP contribution in [0, 0.1) is 13.3 Å². The van der Waals surface area contributed by atoms with Gasteiger partial charge in [-0.2, -0.15) is 0 Å². The van der Waals surface area contributed by atoms with Crippen molar-refractivity contribution in [2.75, 3.05) is 0 Å².